The van der Waals surface area contributed by atoms with E-state index in [-0.39, 0.29) is 18.6 Å². The van der Waals surface area contributed by atoms with Crippen LogP contribution in [0, 0.1) is 0 Å². The fourth-order valence-corrected chi connectivity index (χ4v) is 2.29. The number of amides is 1. The maximum Gasteiger partial charge on any atom is 0.251 e. The molecule has 1 saturated carbocycles. The van der Waals surface area contributed by atoms with Crippen LogP contribution in [-0.2, 0) is 0 Å². The molecule has 0 radical (unpaired) electrons. The monoisotopic (exact) mass is 300 g/mol. The molecular weight excluding hydrogens is 280 g/mol. The van der Waals surface area contributed by atoms with Gasteiger partial charge in [-0.25, -0.2) is 4.98 Å². The molecule has 1 atom stereocenters. The minimum absolute atomic E-state index is 0.0497. The van der Waals surface area contributed by atoms with Gasteiger partial charge in [0, 0.05) is 29.7 Å². The Hall–Kier alpha value is -2.21. The van der Waals surface area contributed by atoms with E-state index in [0.717, 1.165) is 11.4 Å². The first kappa shape index (κ1) is 14.7. The molecule has 2 aromatic rings. The Morgan fingerprint density at radius 2 is 2.14 bits per heavy atom. The number of nitrogens with zero attached hydrogens (tertiary/aromatic N) is 2. The van der Waals surface area contributed by atoms with Crippen LogP contribution < -0.4 is 5.32 Å². The van der Waals surface area contributed by atoms with Crippen molar-refractivity contribution in [2.24, 2.45) is 0 Å². The molecule has 1 fully saturated rings. The first-order chi connectivity index (χ1) is 10.7. The highest BCUT2D eigenvalue weighted by atomic mass is 16.3. The lowest BCUT2D eigenvalue weighted by atomic mass is 10.1. The smallest absolute Gasteiger partial charge is 0.251 e. The summed E-state index contributed by atoms with van der Waals surface area (Å²) in [5.74, 6) is 2.03. The van der Waals surface area contributed by atoms with Crippen molar-refractivity contribution in [3.63, 3.8) is 0 Å². The Kier molecular flexibility index (Phi) is 4.20. The summed E-state index contributed by atoms with van der Waals surface area (Å²) in [6.45, 7) is 1.93. The number of nitrogens with one attached hydrogen (secondary N) is 2. The molecule has 3 N–H and O–H groups in total. The van der Waals surface area contributed by atoms with Crippen LogP contribution in [0.2, 0.25) is 0 Å². The number of H-pyrrole nitrogens is 1. The van der Waals surface area contributed by atoms with Gasteiger partial charge in [0.25, 0.3) is 5.91 Å². The second kappa shape index (κ2) is 6.27. The summed E-state index contributed by atoms with van der Waals surface area (Å²) in [6, 6.07) is 7.19. The molecule has 6 heteroatoms. The van der Waals surface area contributed by atoms with Gasteiger partial charge >= 0.3 is 0 Å². The number of aromatic nitrogens is 3. The SMILES string of the molecule is CC(CCO)NC(=O)c1ccc(-c2n[nH]c(C3CC3)n2)cc1. The maximum atomic E-state index is 12.0. The predicted octanol–water partition coefficient (Wildman–Crippen LogP) is 1.85. The maximum absolute atomic E-state index is 12.0. The van der Waals surface area contributed by atoms with Crippen LogP contribution in [0.1, 0.15) is 48.3 Å². The molecule has 0 saturated heterocycles. The van der Waals surface area contributed by atoms with E-state index in [1.165, 1.54) is 12.8 Å². The Morgan fingerprint density at radius 3 is 2.77 bits per heavy atom. The fraction of sp³-hybridized carbons (Fsp3) is 0.438. The second-order valence-corrected chi connectivity index (χ2v) is 5.78. The summed E-state index contributed by atoms with van der Waals surface area (Å²) >= 11 is 0. The van der Waals surface area contributed by atoms with Gasteiger partial charge in [0.2, 0.25) is 0 Å². The van der Waals surface area contributed by atoms with Gasteiger partial charge in [-0.15, -0.1) is 0 Å². The molecule has 1 amide bonds. The van der Waals surface area contributed by atoms with E-state index in [4.69, 9.17) is 5.11 Å². The molecule has 3 rings (SSSR count). The van der Waals surface area contributed by atoms with E-state index < -0.39 is 0 Å². The van der Waals surface area contributed by atoms with Gasteiger partial charge in [-0.1, -0.05) is 12.1 Å². The normalized spacial score (nSPS) is 15.5. The minimum Gasteiger partial charge on any atom is -0.396 e. The molecular formula is C16H20N4O2. The van der Waals surface area contributed by atoms with Crippen LogP contribution in [0.3, 0.4) is 0 Å². The van der Waals surface area contributed by atoms with Gasteiger partial charge in [-0.2, -0.15) is 5.10 Å². The van der Waals surface area contributed by atoms with Crippen molar-refractivity contribution in [2.75, 3.05) is 6.61 Å². The Bertz CT molecular complexity index is 646. The van der Waals surface area contributed by atoms with Gasteiger partial charge in [0.15, 0.2) is 5.82 Å². The molecule has 1 aliphatic carbocycles. The third kappa shape index (κ3) is 3.33. The van der Waals surface area contributed by atoms with Crippen LogP contribution >= 0.6 is 0 Å². The average molecular weight is 300 g/mol. The van der Waals surface area contributed by atoms with E-state index in [0.29, 0.717) is 23.7 Å². The molecule has 0 aliphatic heterocycles. The summed E-state index contributed by atoms with van der Waals surface area (Å²) in [6.07, 6.45) is 2.91. The zero-order valence-electron chi connectivity index (χ0n) is 12.5. The summed E-state index contributed by atoms with van der Waals surface area (Å²) in [7, 11) is 0. The zero-order chi connectivity index (χ0) is 15.5. The first-order valence-electron chi connectivity index (χ1n) is 7.62. The third-order valence-electron chi connectivity index (χ3n) is 3.81. The van der Waals surface area contributed by atoms with Crippen LogP contribution in [0.25, 0.3) is 11.4 Å². The topological polar surface area (TPSA) is 90.9 Å². The number of benzene rings is 1. The van der Waals surface area contributed by atoms with Gasteiger partial charge in [0.05, 0.1) is 0 Å². The summed E-state index contributed by atoms with van der Waals surface area (Å²) in [5.41, 5.74) is 1.48. The van der Waals surface area contributed by atoms with E-state index in [2.05, 4.69) is 20.5 Å². The molecule has 1 aromatic heterocycles. The van der Waals surface area contributed by atoms with Crippen LogP contribution in [0.4, 0.5) is 0 Å². The second-order valence-electron chi connectivity index (χ2n) is 5.78. The highest BCUT2D eigenvalue weighted by Crippen LogP contribution is 2.38. The summed E-state index contributed by atoms with van der Waals surface area (Å²) in [5, 5.41) is 18.9. The molecule has 6 nitrogen and oxygen atoms in total. The van der Waals surface area contributed by atoms with Crippen molar-refractivity contribution >= 4 is 5.91 Å². The number of aliphatic hydroxyl groups is 1. The predicted molar refractivity (Wildman–Crippen MR) is 82.4 cm³/mol. The summed E-state index contributed by atoms with van der Waals surface area (Å²) < 4.78 is 0. The molecule has 1 aromatic carbocycles. The Labute approximate surface area is 129 Å². The number of carbonyl (C=O) groups excluding carboxylic acids is 1. The van der Waals surface area contributed by atoms with Crippen molar-refractivity contribution < 1.29 is 9.90 Å². The lowest BCUT2D eigenvalue weighted by Crippen LogP contribution is -2.33. The molecule has 0 bridgehead atoms. The number of carbonyl (C=O) groups is 1. The number of hydrogen-bond acceptors (Lipinski definition) is 4. The van der Waals surface area contributed by atoms with Gasteiger partial charge in [0.1, 0.15) is 5.82 Å². The Morgan fingerprint density at radius 1 is 1.41 bits per heavy atom. The Balaban J connectivity index is 1.67. The molecule has 1 aliphatic rings. The van der Waals surface area contributed by atoms with Crippen LogP contribution in [0.5, 0.6) is 0 Å². The van der Waals surface area contributed by atoms with Crippen molar-refractivity contribution in [1.29, 1.82) is 0 Å². The van der Waals surface area contributed by atoms with Crippen molar-refractivity contribution in [1.82, 2.24) is 20.5 Å². The number of rotatable bonds is 6. The van der Waals surface area contributed by atoms with Gasteiger partial charge in [-0.3, -0.25) is 9.89 Å². The first-order valence-corrected chi connectivity index (χ1v) is 7.62. The highest BCUT2D eigenvalue weighted by Gasteiger charge is 2.27. The number of hydrogen-bond donors (Lipinski definition) is 3. The molecule has 1 heterocycles. The summed E-state index contributed by atoms with van der Waals surface area (Å²) in [4.78, 5) is 16.5. The van der Waals surface area contributed by atoms with Crippen molar-refractivity contribution in [2.45, 2.75) is 38.1 Å². The van der Waals surface area contributed by atoms with E-state index in [1.54, 1.807) is 12.1 Å². The highest BCUT2D eigenvalue weighted by molar-refractivity contribution is 5.94. The number of aliphatic hydroxyl groups excluding tert-OH is 1. The van der Waals surface area contributed by atoms with E-state index in [9.17, 15) is 4.79 Å². The molecule has 116 valence electrons. The van der Waals surface area contributed by atoms with Crippen LogP contribution in [0.15, 0.2) is 24.3 Å². The van der Waals surface area contributed by atoms with Crippen molar-refractivity contribution in [3.8, 4) is 11.4 Å². The zero-order valence-corrected chi connectivity index (χ0v) is 12.5. The lowest BCUT2D eigenvalue weighted by molar-refractivity contribution is 0.0934. The lowest BCUT2D eigenvalue weighted by Gasteiger charge is -2.12. The minimum atomic E-state index is -0.138. The van der Waals surface area contributed by atoms with E-state index in [1.807, 2.05) is 19.1 Å². The molecule has 0 spiro atoms. The van der Waals surface area contributed by atoms with Gasteiger partial charge in [-0.05, 0) is 38.3 Å². The number of aromatic amines is 1. The standard InChI is InChI=1S/C16H20N4O2/c1-10(8-9-21)17-16(22)13-6-4-12(5-7-13)15-18-14(19-20-15)11-2-3-11/h4-7,10-11,21H,2-3,8-9H2,1H3,(H,17,22)(H,18,19,20). The van der Waals surface area contributed by atoms with Crippen LogP contribution in [-0.4, -0.2) is 38.8 Å². The van der Waals surface area contributed by atoms with Gasteiger partial charge < -0.3 is 10.4 Å². The van der Waals surface area contributed by atoms with Crippen molar-refractivity contribution in [3.05, 3.63) is 35.7 Å². The fourth-order valence-electron chi connectivity index (χ4n) is 2.29. The average Bonchev–Trinajstić information content (AvgIpc) is 3.25. The largest absolute Gasteiger partial charge is 0.396 e. The molecule has 1 unspecified atom stereocenters. The third-order valence-corrected chi connectivity index (χ3v) is 3.81. The van der Waals surface area contributed by atoms with E-state index >= 15 is 0 Å². The molecule has 22 heavy (non-hydrogen) atoms. The quantitative estimate of drug-likeness (QED) is 0.759.